The van der Waals surface area contributed by atoms with Gasteiger partial charge in [0.15, 0.2) is 0 Å². The molecule has 0 unspecified atom stereocenters. The summed E-state index contributed by atoms with van der Waals surface area (Å²) in [6.45, 7) is 0.615. The molecule has 3 aromatic carbocycles. The summed E-state index contributed by atoms with van der Waals surface area (Å²) in [7, 11) is 1.87. The van der Waals surface area contributed by atoms with E-state index in [9.17, 15) is 4.79 Å². The molecule has 2 aliphatic carbocycles. The lowest BCUT2D eigenvalue weighted by atomic mass is 9.87. The Morgan fingerprint density at radius 1 is 0.893 bits per heavy atom. The Morgan fingerprint density at radius 3 is 2.54 bits per heavy atom. The lowest BCUT2D eigenvalue weighted by Gasteiger charge is -2.17. The van der Waals surface area contributed by atoms with E-state index in [2.05, 4.69) is 60.7 Å². The van der Waals surface area contributed by atoms with E-state index < -0.39 is 0 Å². The fraction of sp³-hybridized carbons (Fsp3) is 0.115. The van der Waals surface area contributed by atoms with Crippen LogP contribution in [0.2, 0.25) is 0 Å². The summed E-state index contributed by atoms with van der Waals surface area (Å²) in [5, 5.41) is 2.53. The van der Waals surface area contributed by atoms with Crippen molar-refractivity contribution in [2.45, 2.75) is 13.0 Å². The third kappa shape index (κ3) is 2.87. The Labute approximate surface area is 165 Å². The number of nitrogens with zero attached hydrogens (tertiary/aromatic N) is 1. The Kier molecular flexibility index (Phi) is 3.98. The highest BCUT2D eigenvalue weighted by Gasteiger charge is 2.24. The van der Waals surface area contributed by atoms with Crippen LogP contribution in [-0.2, 0) is 17.8 Å². The van der Waals surface area contributed by atoms with Crippen molar-refractivity contribution in [2.24, 2.45) is 0 Å². The van der Waals surface area contributed by atoms with E-state index in [1.807, 2.05) is 31.3 Å². The summed E-state index contributed by atoms with van der Waals surface area (Å²) >= 11 is 0. The first kappa shape index (κ1) is 16.8. The van der Waals surface area contributed by atoms with Crippen molar-refractivity contribution in [1.82, 2.24) is 4.90 Å². The van der Waals surface area contributed by atoms with Crippen molar-refractivity contribution >= 4 is 22.8 Å². The standard InChI is InChI=1S/C26H21NO/c1-27(17-18-7-3-2-4-8-18)26(28)23-14-21-13-20-12-11-19-9-5-6-10-24(19)25(20)16-22(21)15-23/h2-12,14-16H,13,17H2,1H3. The molecule has 0 aliphatic heterocycles. The molecule has 0 radical (unpaired) electrons. The molecule has 136 valence electrons. The maximum absolute atomic E-state index is 13.0. The molecule has 0 bridgehead atoms. The van der Waals surface area contributed by atoms with Gasteiger partial charge in [-0.3, -0.25) is 4.79 Å². The van der Waals surface area contributed by atoms with Crippen LogP contribution in [-0.4, -0.2) is 17.9 Å². The first-order chi connectivity index (χ1) is 13.7. The SMILES string of the molecule is CN(Cc1ccccc1)C(=O)C1=CC2=Cc3c(ccc4ccccc34)CC2=C1. The van der Waals surface area contributed by atoms with E-state index in [1.54, 1.807) is 4.90 Å². The van der Waals surface area contributed by atoms with Crippen LogP contribution in [0.5, 0.6) is 0 Å². The number of rotatable bonds is 3. The van der Waals surface area contributed by atoms with Crippen molar-refractivity contribution in [2.75, 3.05) is 7.05 Å². The van der Waals surface area contributed by atoms with Gasteiger partial charge in [0.05, 0.1) is 0 Å². The van der Waals surface area contributed by atoms with Crippen molar-refractivity contribution in [3.63, 3.8) is 0 Å². The average molecular weight is 363 g/mol. The van der Waals surface area contributed by atoms with Gasteiger partial charge in [-0.05, 0) is 63.3 Å². The molecule has 0 N–H and O–H groups in total. The molecular formula is C26H21NO. The molecule has 2 heteroatoms. The second kappa shape index (κ2) is 6.65. The van der Waals surface area contributed by atoms with Crippen LogP contribution >= 0.6 is 0 Å². The van der Waals surface area contributed by atoms with Gasteiger partial charge in [-0.25, -0.2) is 0 Å². The Bertz CT molecular complexity index is 1180. The molecule has 2 aliphatic rings. The summed E-state index contributed by atoms with van der Waals surface area (Å²) in [6.07, 6.45) is 7.23. The molecule has 0 aromatic heterocycles. The second-order valence-corrected chi connectivity index (χ2v) is 7.55. The van der Waals surface area contributed by atoms with E-state index in [4.69, 9.17) is 0 Å². The summed E-state index contributed by atoms with van der Waals surface area (Å²) in [4.78, 5) is 14.8. The molecule has 2 nitrogen and oxygen atoms in total. The molecule has 3 aromatic rings. The van der Waals surface area contributed by atoms with E-state index in [1.165, 1.54) is 33.0 Å². The number of allylic oxidation sites excluding steroid dienone is 3. The molecule has 0 spiro atoms. The summed E-state index contributed by atoms with van der Waals surface area (Å²) in [5.74, 6) is 0.0700. The van der Waals surface area contributed by atoms with Gasteiger partial charge in [-0.15, -0.1) is 0 Å². The first-order valence-electron chi connectivity index (χ1n) is 9.63. The first-order valence-corrected chi connectivity index (χ1v) is 9.63. The minimum Gasteiger partial charge on any atom is -0.337 e. The number of hydrogen-bond donors (Lipinski definition) is 0. The van der Waals surface area contributed by atoms with Gasteiger partial charge in [0, 0.05) is 19.2 Å². The Hall–Kier alpha value is -3.39. The molecule has 0 atom stereocenters. The third-order valence-electron chi connectivity index (χ3n) is 5.61. The minimum atomic E-state index is 0.0700. The predicted molar refractivity (Wildman–Crippen MR) is 115 cm³/mol. The molecule has 0 saturated carbocycles. The van der Waals surface area contributed by atoms with Crippen LogP contribution in [0.15, 0.2) is 95.6 Å². The second-order valence-electron chi connectivity index (χ2n) is 7.55. The molecule has 0 heterocycles. The zero-order chi connectivity index (χ0) is 19.1. The van der Waals surface area contributed by atoms with Crippen LogP contribution in [0.3, 0.4) is 0 Å². The van der Waals surface area contributed by atoms with E-state index in [0.717, 1.165) is 17.6 Å². The molecule has 28 heavy (non-hydrogen) atoms. The number of hydrogen-bond acceptors (Lipinski definition) is 1. The molecule has 5 rings (SSSR count). The summed E-state index contributed by atoms with van der Waals surface area (Å²) < 4.78 is 0. The van der Waals surface area contributed by atoms with Gasteiger partial charge in [0.1, 0.15) is 0 Å². The van der Waals surface area contributed by atoms with E-state index in [0.29, 0.717) is 6.54 Å². The highest BCUT2D eigenvalue weighted by molar-refractivity contribution is 6.01. The fourth-order valence-corrected chi connectivity index (χ4v) is 4.16. The lowest BCUT2D eigenvalue weighted by Crippen LogP contribution is -2.26. The van der Waals surface area contributed by atoms with Gasteiger partial charge in [0.25, 0.3) is 5.91 Å². The van der Waals surface area contributed by atoms with Gasteiger partial charge >= 0.3 is 0 Å². The van der Waals surface area contributed by atoms with Gasteiger partial charge < -0.3 is 4.90 Å². The summed E-state index contributed by atoms with van der Waals surface area (Å²) in [6, 6.07) is 23.0. The highest BCUT2D eigenvalue weighted by atomic mass is 16.2. The quantitative estimate of drug-likeness (QED) is 0.618. The number of fused-ring (bicyclic) bond motifs is 4. The predicted octanol–water partition coefficient (Wildman–Crippen LogP) is 5.30. The zero-order valence-corrected chi connectivity index (χ0v) is 15.9. The topological polar surface area (TPSA) is 20.3 Å². The number of amides is 1. The normalized spacial score (nSPS) is 14.7. The highest BCUT2D eigenvalue weighted by Crippen LogP contribution is 2.37. The Balaban J connectivity index is 1.45. The third-order valence-corrected chi connectivity index (χ3v) is 5.61. The monoisotopic (exact) mass is 363 g/mol. The van der Waals surface area contributed by atoms with Crippen molar-refractivity contribution < 1.29 is 4.79 Å². The number of likely N-dealkylation sites (N-methyl/N-ethyl adjacent to an activating group) is 1. The summed E-state index contributed by atoms with van der Waals surface area (Å²) in [5.41, 5.74) is 6.93. The molecular weight excluding hydrogens is 342 g/mol. The van der Waals surface area contributed by atoms with Gasteiger partial charge in [-0.1, -0.05) is 66.7 Å². The minimum absolute atomic E-state index is 0.0700. The van der Waals surface area contributed by atoms with Crippen LogP contribution in [0.4, 0.5) is 0 Å². The van der Waals surface area contributed by atoms with Crippen molar-refractivity contribution in [3.05, 3.63) is 112 Å². The van der Waals surface area contributed by atoms with E-state index in [-0.39, 0.29) is 5.91 Å². The largest absolute Gasteiger partial charge is 0.337 e. The number of benzene rings is 3. The van der Waals surface area contributed by atoms with Crippen LogP contribution in [0.25, 0.3) is 16.8 Å². The van der Waals surface area contributed by atoms with E-state index >= 15 is 0 Å². The molecule has 0 saturated heterocycles. The van der Waals surface area contributed by atoms with Gasteiger partial charge in [-0.2, -0.15) is 0 Å². The van der Waals surface area contributed by atoms with Crippen LogP contribution < -0.4 is 0 Å². The molecule has 1 amide bonds. The van der Waals surface area contributed by atoms with Crippen molar-refractivity contribution in [3.8, 4) is 0 Å². The fourth-order valence-electron chi connectivity index (χ4n) is 4.16. The van der Waals surface area contributed by atoms with Crippen molar-refractivity contribution in [1.29, 1.82) is 0 Å². The number of carbonyl (C=O) groups excluding carboxylic acids is 1. The van der Waals surface area contributed by atoms with Crippen LogP contribution in [0, 0.1) is 0 Å². The Morgan fingerprint density at radius 2 is 1.68 bits per heavy atom. The maximum Gasteiger partial charge on any atom is 0.253 e. The number of carbonyl (C=O) groups is 1. The maximum atomic E-state index is 13.0. The zero-order valence-electron chi connectivity index (χ0n) is 15.9. The lowest BCUT2D eigenvalue weighted by molar-refractivity contribution is -0.126. The van der Waals surface area contributed by atoms with Gasteiger partial charge in [0.2, 0.25) is 0 Å². The molecule has 0 fully saturated rings. The smallest absolute Gasteiger partial charge is 0.253 e. The van der Waals surface area contributed by atoms with Crippen LogP contribution in [0.1, 0.15) is 16.7 Å². The average Bonchev–Trinajstić information content (AvgIpc) is 3.15.